The van der Waals surface area contributed by atoms with Crippen LogP contribution in [-0.2, 0) is 9.53 Å². The standard InChI is InChI=1S/C14H16ClN3O3/c1-4-20-14(19)10(8(2)3)13-17-12(18-21-13)11-9(15)6-5-7-16-11/h5-8,10H,4H2,1-3H3. The maximum Gasteiger partial charge on any atom is 0.318 e. The minimum Gasteiger partial charge on any atom is -0.465 e. The molecule has 0 bridgehead atoms. The van der Waals surface area contributed by atoms with Crippen molar-refractivity contribution in [2.45, 2.75) is 26.7 Å². The van der Waals surface area contributed by atoms with Crippen LogP contribution in [-0.4, -0.2) is 27.7 Å². The lowest BCUT2D eigenvalue weighted by atomic mass is 9.96. The molecule has 0 spiro atoms. The largest absolute Gasteiger partial charge is 0.465 e. The van der Waals surface area contributed by atoms with Crippen molar-refractivity contribution in [3.8, 4) is 11.5 Å². The maximum absolute atomic E-state index is 12.0. The van der Waals surface area contributed by atoms with E-state index in [9.17, 15) is 4.79 Å². The molecule has 1 unspecified atom stereocenters. The second-order valence-electron chi connectivity index (χ2n) is 4.76. The summed E-state index contributed by atoms with van der Waals surface area (Å²) in [5, 5.41) is 4.27. The number of esters is 1. The molecule has 0 N–H and O–H groups in total. The van der Waals surface area contributed by atoms with Crippen LogP contribution in [0, 0.1) is 5.92 Å². The number of carbonyl (C=O) groups excluding carboxylic acids is 1. The van der Waals surface area contributed by atoms with Gasteiger partial charge in [-0.05, 0) is 25.0 Å². The molecule has 1 atom stereocenters. The average molecular weight is 310 g/mol. The van der Waals surface area contributed by atoms with Crippen molar-refractivity contribution >= 4 is 17.6 Å². The lowest BCUT2D eigenvalue weighted by Crippen LogP contribution is -2.21. The van der Waals surface area contributed by atoms with E-state index in [4.69, 9.17) is 20.9 Å². The van der Waals surface area contributed by atoms with Gasteiger partial charge in [-0.2, -0.15) is 4.98 Å². The number of carbonyl (C=O) groups is 1. The number of pyridine rings is 1. The van der Waals surface area contributed by atoms with E-state index in [1.54, 1.807) is 25.3 Å². The van der Waals surface area contributed by atoms with E-state index in [-0.39, 0.29) is 23.6 Å². The van der Waals surface area contributed by atoms with Gasteiger partial charge in [0.05, 0.1) is 11.6 Å². The third-order valence-corrected chi connectivity index (χ3v) is 3.19. The van der Waals surface area contributed by atoms with Gasteiger partial charge in [0.15, 0.2) is 0 Å². The zero-order chi connectivity index (χ0) is 15.4. The highest BCUT2D eigenvalue weighted by molar-refractivity contribution is 6.32. The summed E-state index contributed by atoms with van der Waals surface area (Å²) in [4.78, 5) is 20.4. The van der Waals surface area contributed by atoms with Crippen LogP contribution < -0.4 is 0 Å². The van der Waals surface area contributed by atoms with Crippen LogP contribution in [0.4, 0.5) is 0 Å². The van der Waals surface area contributed by atoms with Crippen LogP contribution in [0.1, 0.15) is 32.6 Å². The molecule has 0 aliphatic rings. The Labute approximate surface area is 127 Å². The van der Waals surface area contributed by atoms with Gasteiger partial charge in [0.1, 0.15) is 11.6 Å². The van der Waals surface area contributed by atoms with Gasteiger partial charge < -0.3 is 9.26 Å². The molecular weight excluding hydrogens is 294 g/mol. The van der Waals surface area contributed by atoms with Gasteiger partial charge in [0.2, 0.25) is 11.7 Å². The summed E-state index contributed by atoms with van der Waals surface area (Å²) in [5.41, 5.74) is 0.417. The van der Waals surface area contributed by atoms with Crippen LogP contribution in [0.5, 0.6) is 0 Å². The first kappa shape index (κ1) is 15.4. The number of rotatable bonds is 5. The van der Waals surface area contributed by atoms with Crippen LogP contribution in [0.15, 0.2) is 22.9 Å². The molecule has 2 rings (SSSR count). The average Bonchev–Trinajstić information content (AvgIpc) is 2.88. The number of aromatic nitrogens is 3. The van der Waals surface area contributed by atoms with Crippen molar-refractivity contribution in [3.63, 3.8) is 0 Å². The van der Waals surface area contributed by atoms with Crippen molar-refractivity contribution in [1.82, 2.24) is 15.1 Å². The van der Waals surface area contributed by atoms with Crippen LogP contribution in [0.2, 0.25) is 5.02 Å². The van der Waals surface area contributed by atoms with Crippen molar-refractivity contribution < 1.29 is 14.1 Å². The van der Waals surface area contributed by atoms with E-state index < -0.39 is 5.92 Å². The highest BCUT2D eigenvalue weighted by atomic mass is 35.5. The van der Waals surface area contributed by atoms with Gasteiger partial charge in [-0.15, -0.1) is 0 Å². The number of ether oxygens (including phenoxy) is 1. The predicted molar refractivity (Wildman–Crippen MR) is 76.8 cm³/mol. The molecule has 6 nitrogen and oxygen atoms in total. The fraction of sp³-hybridized carbons (Fsp3) is 0.429. The van der Waals surface area contributed by atoms with Crippen LogP contribution >= 0.6 is 11.6 Å². The van der Waals surface area contributed by atoms with Gasteiger partial charge in [-0.25, -0.2) is 0 Å². The van der Waals surface area contributed by atoms with Crippen molar-refractivity contribution in [1.29, 1.82) is 0 Å². The van der Waals surface area contributed by atoms with Gasteiger partial charge in [-0.1, -0.05) is 30.6 Å². The molecular formula is C14H16ClN3O3. The monoisotopic (exact) mass is 309 g/mol. The predicted octanol–water partition coefficient (Wildman–Crippen LogP) is 3.09. The molecule has 0 aliphatic heterocycles. The summed E-state index contributed by atoms with van der Waals surface area (Å²) in [6, 6.07) is 3.40. The fourth-order valence-electron chi connectivity index (χ4n) is 1.90. The molecule has 0 amide bonds. The third-order valence-electron chi connectivity index (χ3n) is 2.89. The normalized spacial score (nSPS) is 12.4. The second kappa shape index (κ2) is 6.67. The molecule has 0 aliphatic carbocycles. The molecule has 112 valence electrons. The molecule has 7 heteroatoms. The number of hydrogen-bond acceptors (Lipinski definition) is 6. The highest BCUT2D eigenvalue weighted by Gasteiger charge is 2.31. The zero-order valence-electron chi connectivity index (χ0n) is 12.0. The van der Waals surface area contributed by atoms with Gasteiger partial charge in [0, 0.05) is 6.20 Å². The smallest absolute Gasteiger partial charge is 0.318 e. The van der Waals surface area contributed by atoms with Crippen LogP contribution in [0.3, 0.4) is 0 Å². The quantitative estimate of drug-likeness (QED) is 0.790. The summed E-state index contributed by atoms with van der Waals surface area (Å²) in [6.07, 6.45) is 1.59. The van der Waals surface area contributed by atoms with Gasteiger partial charge in [0.25, 0.3) is 0 Å². The lowest BCUT2D eigenvalue weighted by molar-refractivity contribution is -0.146. The minimum absolute atomic E-state index is 0.0310. The Hall–Kier alpha value is -1.95. The summed E-state index contributed by atoms with van der Waals surface area (Å²) in [6.45, 7) is 5.83. The highest BCUT2D eigenvalue weighted by Crippen LogP contribution is 2.28. The number of halogens is 1. The number of nitrogens with zero attached hydrogens (tertiary/aromatic N) is 3. The topological polar surface area (TPSA) is 78.1 Å². The Morgan fingerprint density at radius 1 is 1.48 bits per heavy atom. The van der Waals surface area contributed by atoms with Crippen LogP contribution in [0.25, 0.3) is 11.5 Å². The fourth-order valence-corrected chi connectivity index (χ4v) is 2.10. The van der Waals surface area contributed by atoms with Crippen molar-refractivity contribution in [3.05, 3.63) is 29.2 Å². The van der Waals surface area contributed by atoms with E-state index in [1.165, 1.54) is 0 Å². The summed E-state index contributed by atoms with van der Waals surface area (Å²) in [5.74, 6) is -0.550. The van der Waals surface area contributed by atoms with E-state index in [0.29, 0.717) is 17.3 Å². The first-order valence-electron chi connectivity index (χ1n) is 6.65. The molecule has 21 heavy (non-hydrogen) atoms. The molecule has 2 heterocycles. The third kappa shape index (κ3) is 3.39. The van der Waals surface area contributed by atoms with E-state index in [0.717, 1.165) is 0 Å². The van der Waals surface area contributed by atoms with Crippen molar-refractivity contribution in [2.75, 3.05) is 6.61 Å². The molecule has 2 aromatic rings. The zero-order valence-corrected chi connectivity index (χ0v) is 12.8. The second-order valence-corrected chi connectivity index (χ2v) is 5.17. The first-order valence-corrected chi connectivity index (χ1v) is 7.03. The Balaban J connectivity index is 2.33. The Bertz CT molecular complexity index is 627. The SMILES string of the molecule is CCOC(=O)C(c1nc(-c2ncccc2Cl)no1)C(C)C. The van der Waals surface area contributed by atoms with Gasteiger partial charge in [-0.3, -0.25) is 9.78 Å². The minimum atomic E-state index is -0.603. The van der Waals surface area contributed by atoms with E-state index in [1.807, 2.05) is 13.8 Å². The summed E-state index contributed by atoms with van der Waals surface area (Å²) < 4.78 is 10.3. The first-order chi connectivity index (χ1) is 10.0. The molecule has 0 saturated carbocycles. The van der Waals surface area contributed by atoms with Gasteiger partial charge >= 0.3 is 5.97 Å². The number of hydrogen-bond donors (Lipinski definition) is 0. The molecule has 0 saturated heterocycles. The molecule has 0 aromatic carbocycles. The Morgan fingerprint density at radius 2 is 2.24 bits per heavy atom. The molecule has 0 radical (unpaired) electrons. The van der Waals surface area contributed by atoms with Crippen molar-refractivity contribution in [2.24, 2.45) is 5.92 Å². The Morgan fingerprint density at radius 3 is 2.86 bits per heavy atom. The Kier molecular flexibility index (Phi) is 4.90. The maximum atomic E-state index is 12.0. The molecule has 2 aromatic heterocycles. The summed E-state index contributed by atoms with van der Waals surface area (Å²) in [7, 11) is 0. The van der Waals surface area contributed by atoms with E-state index >= 15 is 0 Å². The molecule has 0 fully saturated rings. The summed E-state index contributed by atoms with van der Waals surface area (Å²) >= 11 is 6.05. The van der Waals surface area contributed by atoms with E-state index in [2.05, 4.69) is 15.1 Å². The lowest BCUT2D eigenvalue weighted by Gasteiger charge is -2.14.